The first-order chi connectivity index (χ1) is 9.39. The van der Waals surface area contributed by atoms with Gasteiger partial charge >= 0.3 is 11.8 Å². The number of carbonyl (C=O) groups excluding carboxylic acids is 1. The Hall–Kier alpha value is -2.37. The highest BCUT2D eigenvalue weighted by Gasteiger charge is 2.21. The number of amides is 1. The summed E-state index contributed by atoms with van der Waals surface area (Å²) in [5, 5.41) is 10.4. The molecule has 1 amide bonds. The molecule has 0 unspecified atom stereocenters. The number of carbonyl (C=O) groups is 1. The SMILES string of the molecule is COc1cccc(-c2nnc(C(=O)NC(C)(C)C)o2)c1. The Kier molecular flexibility index (Phi) is 3.74. The van der Waals surface area contributed by atoms with Crippen molar-refractivity contribution < 1.29 is 13.9 Å². The van der Waals surface area contributed by atoms with Gasteiger partial charge in [-0.2, -0.15) is 0 Å². The predicted octanol–water partition coefficient (Wildman–Crippen LogP) is 2.27. The average molecular weight is 275 g/mol. The number of nitrogens with zero attached hydrogens (tertiary/aromatic N) is 2. The standard InChI is InChI=1S/C14H17N3O3/c1-14(2,3)15-11(18)13-17-16-12(20-13)9-6-5-7-10(8-9)19-4/h5-8H,1-4H3,(H,15,18). The highest BCUT2D eigenvalue weighted by Crippen LogP contribution is 2.22. The number of hydrogen-bond donors (Lipinski definition) is 1. The minimum atomic E-state index is -0.390. The smallest absolute Gasteiger partial charge is 0.309 e. The lowest BCUT2D eigenvalue weighted by atomic mass is 10.1. The summed E-state index contributed by atoms with van der Waals surface area (Å²) < 4.78 is 10.5. The molecule has 20 heavy (non-hydrogen) atoms. The van der Waals surface area contributed by atoms with E-state index in [-0.39, 0.29) is 23.2 Å². The maximum Gasteiger partial charge on any atom is 0.309 e. The summed E-state index contributed by atoms with van der Waals surface area (Å²) >= 11 is 0. The molecule has 106 valence electrons. The fourth-order valence-corrected chi connectivity index (χ4v) is 1.58. The number of methoxy groups -OCH3 is 1. The number of hydrogen-bond acceptors (Lipinski definition) is 5. The van der Waals surface area contributed by atoms with Crippen LogP contribution in [0.1, 0.15) is 31.5 Å². The Bertz CT molecular complexity index is 614. The second kappa shape index (κ2) is 5.32. The van der Waals surface area contributed by atoms with E-state index in [4.69, 9.17) is 9.15 Å². The largest absolute Gasteiger partial charge is 0.497 e. The van der Waals surface area contributed by atoms with Crippen molar-refractivity contribution in [3.63, 3.8) is 0 Å². The second-order valence-corrected chi connectivity index (χ2v) is 5.35. The van der Waals surface area contributed by atoms with Gasteiger partial charge in [-0.15, -0.1) is 10.2 Å². The molecule has 2 aromatic rings. The van der Waals surface area contributed by atoms with Crippen LogP contribution < -0.4 is 10.1 Å². The van der Waals surface area contributed by atoms with Gasteiger partial charge < -0.3 is 14.5 Å². The number of benzene rings is 1. The van der Waals surface area contributed by atoms with Gasteiger partial charge in [-0.05, 0) is 39.0 Å². The van der Waals surface area contributed by atoms with E-state index in [0.717, 1.165) is 0 Å². The molecule has 1 aromatic carbocycles. The molecule has 0 atom stereocenters. The van der Waals surface area contributed by atoms with Crippen molar-refractivity contribution in [3.05, 3.63) is 30.2 Å². The number of nitrogens with one attached hydrogen (secondary N) is 1. The molecule has 6 heteroatoms. The van der Waals surface area contributed by atoms with Crippen LogP contribution in [0.3, 0.4) is 0 Å². The third-order valence-electron chi connectivity index (χ3n) is 2.42. The molecular weight excluding hydrogens is 258 g/mol. The molecule has 0 fully saturated rings. The molecular formula is C14H17N3O3. The van der Waals surface area contributed by atoms with E-state index in [9.17, 15) is 4.79 Å². The molecule has 0 aliphatic heterocycles. The van der Waals surface area contributed by atoms with Crippen LogP contribution in [0.2, 0.25) is 0 Å². The molecule has 1 heterocycles. The number of ether oxygens (including phenoxy) is 1. The Balaban J connectivity index is 2.22. The average Bonchev–Trinajstić information content (AvgIpc) is 2.86. The van der Waals surface area contributed by atoms with E-state index in [1.807, 2.05) is 39.0 Å². The van der Waals surface area contributed by atoms with Crippen LogP contribution in [-0.4, -0.2) is 28.8 Å². The van der Waals surface area contributed by atoms with Crippen LogP contribution in [0.15, 0.2) is 28.7 Å². The van der Waals surface area contributed by atoms with Crippen LogP contribution in [0, 0.1) is 0 Å². The van der Waals surface area contributed by atoms with Crippen LogP contribution in [-0.2, 0) is 0 Å². The lowest BCUT2D eigenvalue weighted by molar-refractivity contribution is 0.0884. The zero-order valence-electron chi connectivity index (χ0n) is 11.9. The lowest BCUT2D eigenvalue weighted by Crippen LogP contribution is -2.40. The fraction of sp³-hybridized carbons (Fsp3) is 0.357. The van der Waals surface area contributed by atoms with Gasteiger partial charge in [-0.1, -0.05) is 6.07 Å². The Labute approximate surface area is 117 Å². The van der Waals surface area contributed by atoms with Gasteiger partial charge in [-0.25, -0.2) is 0 Å². The molecule has 2 rings (SSSR count). The van der Waals surface area contributed by atoms with Crippen molar-refractivity contribution in [1.29, 1.82) is 0 Å². The summed E-state index contributed by atoms with van der Waals surface area (Å²) in [7, 11) is 1.58. The molecule has 6 nitrogen and oxygen atoms in total. The van der Waals surface area contributed by atoms with Crippen molar-refractivity contribution in [2.24, 2.45) is 0 Å². The first kappa shape index (κ1) is 14.0. The summed E-state index contributed by atoms with van der Waals surface area (Å²) in [6.45, 7) is 5.64. The highest BCUT2D eigenvalue weighted by molar-refractivity contribution is 5.90. The summed E-state index contributed by atoms with van der Waals surface area (Å²) in [5.41, 5.74) is 0.341. The van der Waals surface area contributed by atoms with Crippen molar-refractivity contribution >= 4 is 5.91 Å². The summed E-state index contributed by atoms with van der Waals surface area (Å²) in [6.07, 6.45) is 0. The summed E-state index contributed by atoms with van der Waals surface area (Å²) in [6, 6.07) is 7.20. The minimum Gasteiger partial charge on any atom is -0.497 e. The molecule has 0 bridgehead atoms. The van der Waals surface area contributed by atoms with Crippen LogP contribution in [0.4, 0.5) is 0 Å². The normalized spacial score (nSPS) is 11.2. The first-order valence-corrected chi connectivity index (χ1v) is 6.19. The molecule has 0 saturated heterocycles. The van der Waals surface area contributed by atoms with E-state index >= 15 is 0 Å². The van der Waals surface area contributed by atoms with Crippen molar-refractivity contribution in [3.8, 4) is 17.2 Å². The third kappa shape index (κ3) is 3.34. The zero-order chi connectivity index (χ0) is 14.8. The zero-order valence-corrected chi connectivity index (χ0v) is 11.9. The molecule has 0 radical (unpaired) electrons. The van der Waals surface area contributed by atoms with Gasteiger partial charge in [0.2, 0.25) is 5.89 Å². The van der Waals surface area contributed by atoms with Gasteiger partial charge in [0.15, 0.2) is 0 Å². The molecule has 1 aromatic heterocycles. The molecule has 1 N–H and O–H groups in total. The Morgan fingerprint density at radius 3 is 2.70 bits per heavy atom. The monoisotopic (exact) mass is 275 g/mol. The van der Waals surface area contributed by atoms with Crippen LogP contribution in [0.25, 0.3) is 11.5 Å². The van der Waals surface area contributed by atoms with E-state index in [1.165, 1.54) is 0 Å². The number of aromatic nitrogens is 2. The molecule has 0 saturated carbocycles. The van der Waals surface area contributed by atoms with Gasteiger partial charge in [-0.3, -0.25) is 4.79 Å². The predicted molar refractivity (Wildman–Crippen MR) is 73.5 cm³/mol. The topological polar surface area (TPSA) is 77.2 Å². The van der Waals surface area contributed by atoms with E-state index < -0.39 is 0 Å². The van der Waals surface area contributed by atoms with Crippen molar-refractivity contribution in [2.75, 3.05) is 7.11 Å². The van der Waals surface area contributed by atoms with Crippen LogP contribution in [0.5, 0.6) is 5.75 Å². The lowest BCUT2D eigenvalue weighted by Gasteiger charge is -2.18. The van der Waals surface area contributed by atoms with E-state index in [2.05, 4.69) is 15.5 Å². The van der Waals surface area contributed by atoms with Gasteiger partial charge in [0, 0.05) is 11.1 Å². The minimum absolute atomic E-state index is 0.0576. The molecule has 0 aliphatic rings. The van der Waals surface area contributed by atoms with Gasteiger partial charge in [0.25, 0.3) is 0 Å². The second-order valence-electron chi connectivity index (χ2n) is 5.35. The first-order valence-electron chi connectivity index (χ1n) is 6.19. The van der Waals surface area contributed by atoms with Gasteiger partial charge in [0.05, 0.1) is 7.11 Å². The van der Waals surface area contributed by atoms with Crippen LogP contribution >= 0.6 is 0 Å². The quantitative estimate of drug-likeness (QED) is 0.929. The third-order valence-corrected chi connectivity index (χ3v) is 2.42. The summed E-state index contributed by atoms with van der Waals surface area (Å²) in [5.74, 6) is 0.515. The maximum absolute atomic E-state index is 11.9. The molecule has 0 aliphatic carbocycles. The van der Waals surface area contributed by atoms with E-state index in [1.54, 1.807) is 13.2 Å². The number of rotatable bonds is 3. The highest BCUT2D eigenvalue weighted by atomic mass is 16.5. The van der Waals surface area contributed by atoms with Crippen molar-refractivity contribution in [1.82, 2.24) is 15.5 Å². The summed E-state index contributed by atoms with van der Waals surface area (Å²) in [4.78, 5) is 11.9. The Morgan fingerprint density at radius 1 is 1.30 bits per heavy atom. The fourth-order valence-electron chi connectivity index (χ4n) is 1.58. The van der Waals surface area contributed by atoms with Gasteiger partial charge in [0.1, 0.15) is 5.75 Å². The molecule has 0 spiro atoms. The maximum atomic E-state index is 11.9. The van der Waals surface area contributed by atoms with E-state index in [0.29, 0.717) is 11.3 Å². The van der Waals surface area contributed by atoms with Crippen molar-refractivity contribution in [2.45, 2.75) is 26.3 Å². The Morgan fingerprint density at radius 2 is 2.05 bits per heavy atom.